The molecule has 1 saturated carbocycles. The van der Waals surface area contributed by atoms with Gasteiger partial charge in [0.1, 0.15) is 0 Å². The first-order chi connectivity index (χ1) is 10.5. The van der Waals surface area contributed by atoms with Gasteiger partial charge in [0, 0.05) is 18.2 Å². The van der Waals surface area contributed by atoms with E-state index in [0.717, 1.165) is 23.4 Å². The van der Waals surface area contributed by atoms with Crippen LogP contribution < -0.4 is 0 Å². The van der Waals surface area contributed by atoms with Crippen LogP contribution in [-0.2, 0) is 6.18 Å². The third kappa shape index (κ3) is 2.22. The molecule has 1 aliphatic rings. The molecule has 4 rings (SSSR count). The van der Waals surface area contributed by atoms with Crippen LogP contribution in [0.3, 0.4) is 0 Å². The lowest BCUT2D eigenvalue weighted by molar-refractivity contribution is -0.142. The highest BCUT2D eigenvalue weighted by Gasteiger charge is 2.36. The molecule has 0 spiro atoms. The lowest BCUT2D eigenvalue weighted by Crippen LogP contribution is -2.14. The van der Waals surface area contributed by atoms with Crippen molar-refractivity contribution >= 4 is 5.65 Å². The number of pyridine rings is 1. The maximum Gasteiger partial charge on any atom is 0.433 e. The number of rotatable bonds is 2. The molecule has 0 amide bonds. The normalized spacial score (nSPS) is 15.4. The third-order valence-electron chi connectivity index (χ3n) is 3.66. The summed E-state index contributed by atoms with van der Waals surface area (Å²) in [6.07, 6.45) is -1.03. The van der Waals surface area contributed by atoms with Crippen LogP contribution >= 0.6 is 0 Å². The summed E-state index contributed by atoms with van der Waals surface area (Å²) in [5.41, 5.74) is 0.658. The van der Waals surface area contributed by atoms with E-state index in [1.807, 2.05) is 0 Å². The van der Waals surface area contributed by atoms with Crippen LogP contribution in [0.25, 0.3) is 17.0 Å². The number of hydrogen-bond acceptors (Lipinski definition) is 3. The summed E-state index contributed by atoms with van der Waals surface area (Å²) in [5, 5.41) is 4.09. The van der Waals surface area contributed by atoms with Crippen molar-refractivity contribution in [1.82, 2.24) is 19.6 Å². The monoisotopic (exact) mass is 304 g/mol. The van der Waals surface area contributed by atoms with Crippen LogP contribution in [0.5, 0.6) is 0 Å². The van der Waals surface area contributed by atoms with Gasteiger partial charge in [0.2, 0.25) is 0 Å². The van der Waals surface area contributed by atoms with Crippen molar-refractivity contribution in [3.63, 3.8) is 0 Å². The lowest BCUT2D eigenvalue weighted by atomic mass is 10.2. The average Bonchev–Trinajstić information content (AvgIpc) is 3.25. The minimum absolute atomic E-state index is 0.197. The van der Waals surface area contributed by atoms with E-state index in [2.05, 4.69) is 15.1 Å². The van der Waals surface area contributed by atoms with Crippen molar-refractivity contribution in [3.05, 3.63) is 47.9 Å². The van der Waals surface area contributed by atoms with E-state index in [1.165, 1.54) is 6.20 Å². The van der Waals surface area contributed by atoms with Crippen LogP contribution in [-0.4, -0.2) is 19.6 Å². The molecule has 0 unspecified atom stereocenters. The smallest absolute Gasteiger partial charge is 0.255 e. The van der Waals surface area contributed by atoms with Gasteiger partial charge >= 0.3 is 6.18 Å². The van der Waals surface area contributed by atoms with Crippen molar-refractivity contribution < 1.29 is 13.2 Å². The van der Waals surface area contributed by atoms with Crippen LogP contribution in [0, 0.1) is 0 Å². The standard InChI is InChI=1S/C15H11F3N4/c16-15(17,18)13-7-12(10-3-1-2-6-19-10)20-14-8-11(9-4-5-9)21-22(13)14/h1-3,6-9H,4-5H2. The molecule has 3 aromatic heterocycles. The summed E-state index contributed by atoms with van der Waals surface area (Å²) >= 11 is 0. The topological polar surface area (TPSA) is 43.1 Å². The maximum absolute atomic E-state index is 13.3. The van der Waals surface area contributed by atoms with E-state index >= 15 is 0 Å². The maximum atomic E-state index is 13.3. The quantitative estimate of drug-likeness (QED) is 0.725. The second-order valence-electron chi connectivity index (χ2n) is 5.35. The zero-order chi connectivity index (χ0) is 15.3. The summed E-state index contributed by atoms with van der Waals surface area (Å²) < 4.78 is 40.9. The Morgan fingerprint density at radius 2 is 1.91 bits per heavy atom. The Labute approximate surface area is 123 Å². The minimum Gasteiger partial charge on any atom is -0.255 e. The first-order valence-electron chi connectivity index (χ1n) is 6.92. The molecule has 3 aromatic rings. The Hall–Kier alpha value is -2.44. The molecule has 0 N–H and O–H groups in total. The summed E-state index contributed by atoms with van der Waals surface area (Å²) in [4.78, 5) is 8.36. The third-order valence-corrected chi connectivity index (χ3v) is 3.66. The first kappa shape index (κ1) is 13.2. The highest BCUT2D eigenvalue weighted by Crippen LogP contribution is 2.40. The zero-order valence-electron chi connectivity index (χ0n) is 11.4. The van der Waals surface area contributed by atoms with Gasteiger partial charge < -0.3 is 0 Å². The fraction of sp³-hybridized carbons (Fsp3) is 0.267. The van der Waals surface area contributed by atoms with Crippen molar-refractivity contribution in [1.29, 1.82) is 0 Å². The summed E-state index contributed by atoms with van der Waals surface area (Å²) in [7, 11) is 0. The molecule has 4 nitrogen and oxygen atoms in total. The van der Waals surface area contributed by atoms with Crippen molar-refractivity contribution in [2.75, 3.05) is 0 Å². The van der Waals surface area contributed by atoms with E-state index in [1.54, 1.807) is 24.3 Å². The van der Waals surface area contributed by atoms with Gasteiger partial charge in [-0.1, -0.05) is 6.07 Å². The van der Waals surface area contributed by atoms with Crippen LogP contribution in [0.4, 0.5) is 13.2 Å². The fourth-order valence-electron chi connectivity index (χ4n) is 2.42. The Balaban J connectivity index is 1.96. The molecule has 0 radical (unpaired) electrons. The van der Waals surface area contributed by atoms with E-state index in [0.29, 0.717) is 11.4 Å². The van der Waals surface area contributed by atoms with Crippen molar-refractivity contribution in [3.8, 4) is 11.4 Å². The molecule has 3 heterocycles. The number of halogens is 3. The Bertz CT molecular complexity index is 835. The molecule has 0 aliphatic heterocycles. The molecule has 0 saturated heterocycles. The first-order valence-corrected chi connectivity index (χ1v) is 6.92. The van der Waals surface area contributed by atoms with Gasteiger partial charge in [0.15, 0.2) is 11.3 Å². The van der Waals surface area contributed by atoms with Crippen LogP contribution in [0.2, 0.25) is 0 Å². The number of hydrogen-bond donors (Lipinski definition) is 0. The highest BCUT2D eigenvalue weighted by atomic mass is 19.4. The second-order valence-corrected chi connectivity index (χ2v) is 5.35. The van der Waals surface area contributed by atoms with Crippen LogP contribution in [0.1, 0.15) is 30.1 Å². The zero-order valence-corrected chi connectivity index (χ0v) is 11.4. The molecular formula is C15H11F3N4. The molecule has 1 aliphatic carbocycles. The lowest BCUT2D eigenvalue weighted by Gasteiger charge is -2.10. The molecule has 22 heavy (non-hydrogen) atoms. The van der Waals surface area contributed by atoms with E-state index < -0.39 is 11.9 Å². The fourth-order valence-corrected chi connectivity index (χ4v) is 2.42. The summed E-state index contributed by atoms with van der Waals surface area (Å²) in [6.45, 7) is 0. The van der Waals surface area contributed by atoms with Gasteiger partial charge in [-0.3, -0.25) is 4.98 Å². The molecule has 0 aromatic carbocycles. The van der Waals surface area contributed by atoms with Crippen molar-refractivity contribution in [2.45, 2.75) is 24.9 Å². The Morgan fingerprint density at radius 3 is 2.55 bits per heavy atom. The van der Waals surface area contributed by atoms with Crippen LogP contribution in [0.15, 0.2) is 36.5 Å². The molecule has 112 valence electrons. The van der Waals surface area contributed by atoms with E-state index in [9.17, 15) is 13.2 Å². The van der Waals surface area contributed by atoms with E-state index in [-0.39, 0.29) is 17.3 Å². The molecule has 1 fully saturated rings. The number of alkyl halides is 3. The molecule has 0 bridgehead atoms. The second kappa shape index (κ2) is 4.53. The SMILES string of the molecule is FC(F)(F)c1cc(-c2ccccn2)nc2cc(C3CC3)nn12. The minimum atomic E-state index is -4.50. The van der Waals surface area contributed by atoms with Gasteiger partial charge in [-0.25, -0.2) is 9.50 Å². The van der Waals surface area contributed by atoms with Gasteiger partial charge in [-0.2, -0.15) is 18.3 Å². The van der Waals surface area contributed by atoms with Gasteiger partial charge in [-0.05, 0) is 31.0 Å². The predicted octanol–water partition coefficient (Wildman–Crippen LogP) is 3.69. The van der Waals surface area contributed by atoms with Gasteiger partial charge in [0.05, 0.1) is 17.1 Å². The summed E-state index contributed by atoms with van der Waals surface area (Å²) in [5.74, 6) is 0.265. The molecule has 0 atom stereocenters. The van der Waals surface area contributed by atoms with Crippen molar-refractivity contribution in [2.24, 2.45) is 0 Å². The largest absolute Gasteiger partial charge is 0.433 e. The number of nitrogens with zero attached hydrogens (tertiary/aromatic N) is 4. The summed E-state index contributed by atoms with van der Waals surface area (Å²) in [6, 6.07) is 7.69. The number of aromatic nitrogens is 4. The average molecular weight is 304 g/mol. The Morgan fingerprint density at radius 1 is 1.09 bits per heavy atom. The van der Waals surface area contributed by atoms with Gasteiger partial charge in [0.25, 0.3) is 0 Å². The molecular weight excluding hydrogens is 293 g/mol. The molecule has 7 heteroatoms. The van der Waals surface area contributed by atoms with E-state index in [4.69, 9.17) is 0 Å². The number of fused-ring (bicyclic) bond motifs is 1. The predicted molar refractivity (Wildman–Crippen MR) is 73.2 cm³/mol. The highest BCUT2D eigenvalue weighted by molar-refractivity contribution is 5.59. The van der Waals surface area contributed by atoms with Gasteiger partial charge in [-0.15, -0.1) is 0 Å². The Kier molecular flexibility index (Phi) is 2.72.